The number of imidazole rings is 1. The van der Waals surface area contributed by atoms with Crippen molar-refractivity contribution in [2.24, 2.45) is 0 Å². The van der Waals surface area contributed by atoms with Gasteiger partial charge in [0.25, 0.3) is 0 Å². The molecule has 0 amide bonds. The summed E-state index contributed by atoms with van der Waals surface area (Å²) < 4.78 is 29.5. The van der Waals surface area contributed by atoms with Gasteiger partial charge in [0.2, 0.25) is 0 Å². The maximum absolute atomic E-state index is 14.0. The number of hydrogen-bond donors (Lipinski definition) is 1. The van der Waals surface area contributed by atoms with Crippen molar-refractivity contribution in [3.63, 3.8) is 0 Å². The molecule has 0 saturated carbocycles. The summed E-state index contributed by atoms with van der Waals surface area (Å²) in [6.07, 6.45) is 5.99. The molecule has 180 valence electrons. The Balaban J connectivity index is 1.53. The zero-order chi connectivity index (χ0) is 24.9. The molecule has 1 aromatic carbocycles. The van der Waals surface area contributed by atoms with E-state index in [0.29, 0.717) is 30.3 Å². The van der Waals surface area contributed by atoms with Gasteiger partial charge in [-0.25, -0.2) is 28.7 Å². The van der Waals surface area contributed by atoms with Crippen LogP contribution in [0.25, 0.3) is 5.82 Å². The first-order valence-electron chi connectivity index (χ1n) is 11.4. The van der Waals surface area contributed by atoms with Crippen LogP contribution in [0.1, 0.15) is 42.1 Å². The normalized spacial score (nSPS) is 14.3. The van der Waals surface area contributed by atoms with Crippen LogP contribution in [0, 0.1) is 25.5 Å². The summed E-state index contributed by atoms with van der Waals surface area (Å²) in [4.78, 5) is 20.5. The lowest BCUT2D eigenvalue weighted by Crippen LogP contribution is -2.25. The Morgan fingerprint density at radius 1 is 1.03 bits per heavy atom. The van der Waals surface area contributed by atoms with Crippen molar-refractivity contribution >= 4 is 17.3 Å². The Morgan fingerprint density at radius 2 is 1.83 bits per heavy atom. The topological polar surface area (TPSA) is 71.8 Å². The Labute approximate surface area is 202 Å². The molecule has 0 unspecified atom stereocenters. The van der Waals surface area contributed by atoms with Crippen LogP contribution < -0.4 is 10.2 Å². The van der Waals surface area contributed by atoms with E-state index in [9.17, 15) is 8.78 Å². The third-order valence-electron chi connectivity index (χ3n) is 6.30. The average molecular weight is 476 g/mol. The van der Waals surface area contributed by atoms with E-state index in [2.05, 4.69) is 35.2 Å². The lowest BCUT2D eigenvalue weighted by molar-refractivity contribution is 0.508. The first-order chi connectivity index (χ1) is 16.7. The predicted molar refractivity (Wildman–Crippen MR) is 132 cm³/mol. The average Bonchev–Trinajstić information content (AvgIpc) is 3.35. The Morgan fingerprint density at radius 3 is 2.49 bits per heavy atom. The van der Waals surface area contributed by atoms with Crippen LogP contribution in [-0.2, 0) is 11.8 Å². The molecule has 5 rings (SSSR count). The molecule has 0 atom stereocenters. The van der Waals surface area contributed by atoms with Crippen LogP contribution >= 0.6 is 0 Å². The molecule has 0 saturated heterocycles. The molecular formula is C26H27F2N7. The highest BCUT2D eigenvalue weighted by atomic mass is 19.2. The minimum absolute atomic E-state index is 0.292. The number of nitrogens with one attached hydrogen (secondary N) is 1. The van der Waals surface area contributed by atoms with Gasteiger partial charge >= 0.3 is 0 Å². The van der Waals surface area contributed by atoms with E-state index in [0.717, 1.165) is 40.1 Å². The highest BCUT2D eigenvalue weighted by Crippen LogP contribution is 2.46. The number of benzene rings is 1. The zero-order valence-electron chi connectivity index (χ0n) is 20.4. The summed E-state index contributed by atoms with van der Waals surface area (Å²) >= 11 is 0. The largest absolute Gasteiger partial charge is 0.373 e. The van der Waals surface area contributed by atoms with Crippen LogP contribution in [0.15, 0.2) is 43.0 Å². The number of aromatic nitrogens is 5. The highest BCUT2D eigenvalue weighted by Gasteiger charge is 2.40. The molecule has 1 N–H and O–H groups in total. The van der Waals surface area contributed by atoms with Crippen LogP contribution in [0.3, 0.4) is 0 Å². The third-order valence-corrected chi connectivity index (χ3v) is 6.30. The van der Waals surface area contributed by atoms with Gasteiger partial charge < -0.3 is 10.2 Å². The fourth-order valence-electron chi connectivity index (χ4n) is 4.70. The quantitative estimate of drug-likeness (QED) is 0.437. The van der Waals surface area contributed by atoms with Crippen LogP contribution in [0.5, 0.6) is 0 Å². The van der Waals surface area contributed by atoms with E-state index < -0.39 is 11.6 Å². The number of nitrogens with zero attached hydrogens (tertiary/aromatic N) is 6. The lowest BCUT2D eigenvalue weighted by Gasteiger charge is -2.22. The standard InChI is InChI=1S/C26H27F2N7/c1-15-8-17(11-30-24(15)34-12-16(2)31-14-34)9-21-32-23(29-5)22-25(33-21)35(13-26(22,3)4)18-6-7-19(27)20(28)10-18/h6-8,10-12,14H,9,13H2,1-5H3,(H,29,32,33). The Bertz CT molecular complexity index is 1430. The monoisotopic (exact) mass is 475 g/mol. The number of hydrogen-bond acceptors (Lipinski definition) is 6. The van der Waals surface area contributed by atoms with E-state index in [4.69, 9.17) is 9.97 Å². The molecule has 4 aromatic rings. The fraction of sp³-hybridized carbons (Fsp3) is 0.308. The van der Waals surface area contributed by atoms with Gasteiger partial charge in [0, 0.05) is 55.1 Å². The molecule has 9 heteroatoms. The second-order valence-corrected chi connectivity index (χ2v) is 9.59. The summed E-state index contributed by atoms with van der Waals surface area (Å²) in [5.74, 6) is 1.12. The minimum Gasteiger partial charge on any atom is -0.373 e. The van der Waals surface area contributed by atoms with Crippen molar-refractivity contribution in [1.29, 1.82) is 0 Å². The molecule has 1 aliphatic rings. The van der Waals surface area contributed by atoms with Gasteiger partial charge in [-0.05, 0) is 37.1 Å². The second-order valence-electron chi connectivity index (χ2n) is 9.59. The van der Waals surface area contributed by atoms with Gasteiger partial charge in [0.05, 0.1) is 5.69 Å². The molecule has 3 aromatic heterocycles. The van der Waals surface area contributed by atoms with E-state index >= 15 is 0 Å². The molecule has 7 nitrogen and oxygen atoms in total. The van der Waals surface area contributed by atoms with E-state index in [1.165, 1.54) is 6.07 Å². The predicted octanol–water partition coefficient (Wildman–Crippen LogP) is 5.01. The zero-order valence-corrected chi connectivity index (χ0v) is 20.4. The number of aryl methyl sites for hydroxylation is 2. The van der Waals surface area contributed by atoms with Crippen molar-refractivity contribution in [3.05, 3.63) is 82.8 Å². The van der Waals surface area contributed by atoms with Gasteiger partial charge in [0.15, 0.2) is 11.6 Å². The van der Waals surface area contributed by atoms with Crippen molar-refractivity contribution in [2.75, 3.05) is 23.8 Å². The van der Waals surface area contributed by atoms with E-state index in [1.54, 1.807) is 12.4 Å². The lowest BCUT2D eigenvalue weighted by atomic mass is 9.88. The third kappa shape index (κ3) is 4.11. The van der Waals surface area contributed by atoms with Crippen molar-refractivity contribution in [2.45, 2.75) is 39.5 Å². The number of fused-ring (bicyclic) bond motifs is 1. The van der Waals surface area contributed by atoms with Gasteiger partial charge in [-0.15, -0.1) is 0 Å². The number of anilines is 3. The number of rotatable bonds is 5. The van der Waals surface area contributed by atoms with Crippen LogP contribution in [0.2, 0.25) is 0 Å². The molecule has 0 aliphatic carbocycles. The molecule has 0 radical (unpaired) electrons. The first-order valence-corrected chi connectivity index (χ1v) is 11.4. The summed E-state index contributed by atoms with van der Waals surface area (Å²) in [6.45, 7) is 8.71. The van der Waals surface area contributed by atoms with Gasteiger partial charge in [0.1, 0.15) is 29.6 Å². The van der Waals surface area contributed by atoms with Crippen molar-refractivity contribution in [1.82, 2.24) is 24.5 Å². The molecule has 0 spiro atoms. The van der Waals surface area contributed by atoms with Gasteiger partial charge in [-0.3, -0.25) is 4.57 Å². The molecular weight excluding hydrogens is 448 g/mol. The summed E-state index contributed by atoms with van der Waals surface area (Å²) in [6, 6.07) is 6.01. The Kier molecular flexibility index (Phi) is 5.50. The maximum atomic E-state index is 14.0. The number of pyridine rings is 1. The fourth-order valence-corrected chi connectivity index (χ4v) is 4.70. The van der Waals surface area contributed by atoms with E-state index in [1.807, 2.05) is 42.8 Å². The SMILES string of the molecule is CNc1nc(Cc2cnc(-n3cnc(C)c3)c(C)c2)nc2c1C(C)(C)CN2c1ccc(F)c(F)c1. The minimum atomic E-state index is -0.883. The van der Waals surface area contributed by atoms with Crippen molar-refractivity contribution in [3.8, 4) is 5.82 Å². The smallest absolute Gasteiger partial charge is 0.160 e. The highest BCUT2D eigenvalue weighted by molar-refractivity contribution is 5.74. The summed E-state index contributed by atoms with van der Waals surface area (Å²) in [5.41, 5.74) is 4.13. The van der Waals surface area contributed by atoms with Crippen LogP contribution in [0.4, 0.5) is 26.1 Å². The number of halogens is 2. The van der Waals surface area contributed by atoms with Gasteiger partial charge in [-0.1, -0.05) is 19.9 Å². The first kappa shape index (κ1) is 22.9. The van der Waals surface area contributed by atoms with Crippen LogP contribution in [-0.4, -0.2) is 38.1 Å². The second kappa shape index (κ2) is 8.41. The van der Waals surface area contributed by atoms with E-state index in [-0.39, 0.29) is 5.41 Å². The maximum Gasteiger partial charge on any atom is 0.160 e. The summed E-state index contributed by atoms with van der Waals surface area (Å²) in [7, 11) is 1.83. The molecule has 1 aliphatic heterocycles. The molecule has 4 heterocycles. The summed E-state index contributed by atoms with van der Waals surface area (Å²) in [5, 5.41) is 3.21. The van der Waals surface area contributed by atoms with Crippen molar-refractivity contribution < 1.29 is 8.78 Å². The molecule has 0 bridgehead atoms. The molecule has 35 heavy (non-hydrogen) atoms. The van der Waals surface area contributed by atoms with Gasteiger partial charge in [-0.2, -0.15) is 0 Å². The molecule has 0 fully saturated rings. The Hall–Kier alpha value is -3.88.